The summed E-state index contributed by atoms with van der Waals surface area (Å²) < 4.78 is 27.4. The molecule has 3 rings (SSSR count). The fraction of sp³-hybridized carbons (Fsp3) is 0.0870. The second kappa shape index (κ2) is 10.6. The van der Waals surface area contributed by atoms with Crippen molar-refractivity contribution >= 4 is 33.5 Å². The number of carboxylic acid groups (broad SMARTS) is 1. The molecule has 176 valence electrons. The average Bonchev–Trinajstić information content (AvgIpc) is 2.82. The van der Waals surface area contributed by atoms with Crippen molar-refractivity contribution in [3.05, 3.63) is 96.1 Å². The molecule has 1 amide bonds. The maximum atomic E-state index is 13.4. The number of amides is 1. The lowest BCUT2D eigenvalue weighted by atomic mass is 10.1. The molecule has 0 saturated heterocycles. The minimum Gasteiger partial charge on any atom is -0.480 e. The first-order valence-electron chi connectivity index (χ1n) is 10.1. The van der Waals surface area contributed by atoms with E-state index in [0.717, 1.165) is 0 Å². The lowest BCUT2D eigenvalue weighted by molar-refractivity contribution is -0.142. The van der Waals surface area contributed by atoms with Gasteiger partial charge < -0.3 is 16.2 Å². The number of carboxylic acids is 1. The van der Waals surface area contributed by atoms with E-state index < -0.39 is 27.9 Å². The van der Waals surface area contributed by atoms with Crippen LogP contribution in [-0.2, 0) is 21.2 Å². The van der Waals surface area contributed by atoms with Gasteiger partial charge in [0.2, 0.25) is 0 Å². The summed E-state index contributed by atoms with van der Waals surface area (Å²) in [6.45, 7) is 0. The number of nitrogens with two attached hydrogens (primary N) is 1. The molecular formula is C23H23N5O5S. The Kier molecular flexibility index (Phi) is 7.61. The second-order valence-electron chi connectivity index (χ2n) is 7.22. The molecule has 0 radical (unpaired) electrons. The van der Waals surface area contributed by atoms with Gasteiger partial charge in [-0.05, 0) is 35.9 Å². The first-order chi connectivity index (χ1) is 16.2. The van der Waals surface area contributed by atoms with Gasteiger partial charge in [-0.3, -0.25) is 20.4 Å². The van der Waals surface area contributed by atoms with Crippen LogP contribution in [0, 0.1) is 5.41 Å². The van der Waals surface area contributed by atoms with E-state index in [0.29, 0.717) is 15.7 Å². The van der Waals surface area contributed by atoms with Gasteiger partial charge in [0.1, 0.15) is 6.04 Å². The number of anilines is 1. The number of aliphatic carboxylic acids is 1. The molecule has 0 heterocycles. The van der Waals surface area contributed by atoms with E-state index in [1.54, 1.807) is 42.5 Å². The maximum absolute atomic E-state index is 13.4. The van der Waals surface area contributed by atoms with Crippen LogP contribution in [0.5, 0.6) is 0 Å². The monoisotopic (exact) mass is 481 g/mol. The van der Waals surface area contributed by atoms with Crippen molar-refractivity contribution in [3.63, 3.8) is 0 Å². The highest BCUT2D eigenvalue weighted by molar-refractivity contribution is 7.89. The molecule has 3 aromatic rings. The zero-order valence-corrected chi connectivity index (χ0v) is 18.7. The summed E-state index contributed by atoms with van der Waals surface area (Å²) in [4.78, 5) is 25.1. The van der Waals surface area contributed by atoms with Gasteiger partial charge in [-0.25, -0.2) is 8.42 Å². The van der Waals surface area contributed by atoms with Crippen molar-refractivity contribution < 1.29 is 23.1 Å². The van der Waals surface area contributed by atoms with Gasteiger partial charge in [-0.1, -0.05) is 59.0 Å². The van der Waals surface area contributed by atoms with E-state index in [4.69, 9.17) is 11.1 Å². The van der Waals surface area contributed by atoms with Crippen molar-refractivity contribution in [1.29, 1.82) is 5.41 Å². The number of benzene rings is 3. The summed E-state index contributed by atoms with van der Waals surface area (Å²) in [7, 11) is -4.45. The Hall–Kier alpha value is -4.22. The molecule has 11 heteroatoms. The molecule has 1 atom stereocenters. The van der Waals surface area contributed by atoms with Gasteiger partial charge in [0.25, 0.3) is 15.9 Å². The van der Waals surface area contributed by atoms with Gasteiger partial charge in [0.15, 0.2) is 5.96 Å². The topological polar surface area (TPSA) is 166 Å². The van der Waals surface area contributed by atoms with Gasteiger partial charge in [-0.2, -0.15) is 0 Å². The van der Waals surface area contributed by atoms with Crippen LogP contribution >= 0.6 is 0 Å². The third-order valence-electron chi connectivity index (χ3n) is 4.76. The Morgan fingerprint density at radius 3 is 2.18 bits per heavy atom. The quantitative estimate of drug-likeness (QED) is 0.177. The van der Waals surface area contributed by atoms with Crippen LogP contribution in [0.4, 0.5) is 5.69 Å². The Balaban J connectivity index is 2.01. The van der Waals surface area contributed by atoms with E-state index in [2.05, 4.69) is 10.7 Å². The van der Waals surface area contributed by atoms with E-state index in [1.165, 1.54) is 42.5 Å². The Labute approximate surface area is 196 Å². The molecule has 34 heavy (non-hydrogen) atoms. The largest absolute Gasteiger partial charge is 0.480 e. The van der Waals surface area contributed by atoms with Crippen LogP contribution in [0.15, 0.2) is 89.8 Å². The molecule has 0 aliphatic heterocycles. The molecule has 3 aromatic carbocycles. The molecule has 0 fully saturated rings. The number of carbonyl (C=O) groups is 2. The number of sulfonamides is 1. The van der Waals surface area contributed by atoms with Crippen LogP contribution in [0.3, 0.4) is 0 Å². The lowest BCUT2D eigenvalue weighted by Crippen LogP contribution is -2.55. The number of hydrazine groups is 1. The summed E-state index contributed by atoms with van der Waals surface area (Å²) in [5, 5.41) is 19.8. The van der Waals surface area contributed by atoms with Crippen LogP contribution in [-0.4, -0.2) is 41.8 Å². The number of nitrogens with one attached hydrogen (secondary N) is 3. The molecule has 1 unspecified atom stereocenters. The highest BCUT2D eigenvalue weighted by Gasteiger charge is 2.38. The van der Waals surface area contributed by atoms with Crippen LogP contribution in [0.2, 0.25) is 0 Å². The molecule has 0 aliphatic rings. The summed E-state index contributed by atoms with van der Waals surface area (Å²) >= 11 is 0. The molecule has 0 spiro atoms. The first-order valence-corrected chi connectivity index (χ1v) is 11.5. The van der Waals surface area contributed by atoms with E-state index >= 15 is 0 Å². The summed E-state index contributed by atoms with van der Waals surface area (Å²) in [6, 6.07) is 20.0. The number of rotatable bonds is 9. The van der Waals surface area contributed by atoms with Crippen molar-refractivity contribution in [1.82, 2.24) is 9.84 Å². The van der Waals surface area contributed by atoms with Gasteiger partial charge >= 0.3 is 5.97 Å². The molecule has 6 N–H and O–H groups in total. The number of hydrogen-bond acceptors (Lipinski definition) is 5. The van der Waals surface area contributed by atoms with Crippen molar-refractivity contribution in [3.8, 4) is 0 Å². The molecule has 10 nitrogen and oxygen atoms in total. The molecule has 0 saturated carbocycles. The fourth-order valence-electron chi connectivity index (χ4n) is 3.18. The smallest absolute Gasteiger partial charge is 0.324 e. The van der Waals surface area contributed by atoms with E-state index in [1.807, 2.05) is 0 Å². The maximum Gasteiger partial charge on any atom is 0.324 e. The van der Waals surface area contributed by atoms with Crippen LogP contribution < -0.4 is 16.5 Å². The second-order valence-corrected chi connectivity index (χ2v) is 9.03. The van der Waals surface area contributed by atoms with Crippen LogP contribution in [0.1, 0.15) is 15.9 Å². The van der Waals surface area contributed by atoms with E-state index in [9.17, 15) is 23.1 Å². The Morgan fingerprint density at radius 1 is 0.971 bits per heavy atom. The van der Waals surface area contributed by atoms with Gasteiger partial charge in [0.05, 0.1) is 4.90 Å². The Morgan fingerprint density at radius 2 is 1.59 bits per heavy atom. The standard InChI is InChI=1S/C23H23N5O5S/c24-23(25)26-18-11-7-10-17(15-18)21(29)27-28(34(32,33)19-12-5-2-6-13-19)20(22(30)31)14-16-8-3-1-4-9-16/h1-13,15,20H,14H2,(H,27,29)(H,30,31)(H4,24,25,26). The third-order valence-corrected chi connectivity index (χ3v) is 6.49. The van der Waals surface area contributed by atoms with Crippen LogP contribution in [0.25, 0.3) is 0 Å². The minimum absolute atomic E-state index is 0.0309. The van der Waals surface area contributed by atoms with Gasteiger partial charge in [-0.15, -0.1) is 0 Å². The molecule has 0 aliphatic carbocycles. The van der Waals surface area contributed by atoms with Gasteiger partial charge in [0, 0.05) is 17.7 Å². The fourth-order valence-corrected chi connectivity index (χ4v) is 4.61. The molecule has 0 bridgehead atoms. The summed E-state index contributed by atoms with van der Waals surface area (Å²) in [6.07, 6.45) is -0.186. The van der Waals surface area contributed by atoms with E-state index in [-0.39, 0.29) is 22.8 Å². The minimum atomic E-state index is -4.45. The SMILES string of the molecule is N=C(N)Nc1cccc(C(=O)NN(C(Cc2ccccc2)C(=O)O)S(=O)(=O)c2ccccc2)c1. The first kappa shape index (κ1) is 24.4. The number of hydrogen-bond donors (Lipinski definition) is 5. The molecule has 0 aromatic heterocycles. The van der Waals surface area contributed by atoms with Crippen molar-refractivity contribution in [2.24, 2.45) is 5.73 Å². The zero-order valence-electron chi connectivity index (χ0n) is 17.9. The lowest BCUT2D eigenvalue weighted by Gasteiger charge is -2.28. The van der Waals surface area contributed by atoms with Crippen molar-refractivity contribution in [2.75, 3.05) is 5.32 Å². The third kappa shape index (κ3) is 5.97. The normalized spacial score (nSPS) is 12.0. The zero-order chi connectivity index (χ0) is 24.7. The summed E-state index contributed by atoms with van der Waals surface area (Å²) in [5.41, 5.74) is 8.52. The highest BCUT2D eigenvalue weighted by Crippen LogP contribution is 2.20. The molecular weight excluding hydrogens is 458 g/mol. The number of nitrogens with zero attached hydrogens (tertiary/aromatic N) is 1. The Bertz CT molecular complexity index is 1280. The highest BCUT2D eigenvalue weighted by atomic mass is 32.2. The predicted molar refractivity (Wildman–Crippen MR) is 126 cm³/mol. The average molecular weight is 482 g/mol. The predicted octanol–water partition coefficient (Wildman–Crippen LogP) is 2.02. The number of carbonyl (C=O) groups excluding carboxylic acids is 1. The summed E-state index contributed by atoms with van der Waals surface area (Å²) in [5.74, 6) is -2.64. The number of guanidine groups is 1. The van der Waals surface area contributed by atoms with Crippen molar-refractivity contribution in [2.45, 2.75) is 17.4 Å².